The van der Waals surface area contributed by atoms with E-state index in [9.17, 15) is 10.1 Å². The molecule has 0 bridgehead atoms. The van der Waals surface area contributed by atoms with Gasteiger partial charge in [-0.1, -0.05) is 78.4 Å². The highest BCUT2D eigenvalue weighted by Crippen LogP contribution is 2.23. The number of hydrogen-bond acceptors (Lipinski definition) is 3. The molecule has 3 rings (SSSR count). The molecule has 0 aliphatic carbocycles. The van der Waals surface area contributed by atoms with Gasteiger partial charge in [-0.15, -0.1) is 0 Å². The third-order valence-electron chi connectivity index (χ3n) is 4.13. The predicted molar refractivity (Wildman–Crippen MR) is 106 cm³/mol. The minimum absolute atomic E-state index is 0.0765. The molecule has 0 aliphatic rings. The van der Waals surface area contributed by atoms with Crippen LogP contribution in [0.4, 0.5) is 0 Å². The smallest absolute Gasteiger partial charge is 0.203 e. The summed E-state index contributed by atoms with van der Waals surface area (Å²) in [5.74, 6) is 0.332. The second-order valence-corrected chi connectivity index (χ2v) is 6.18. The molecule has 27 heavy (non-hydrogen) atoms. The number of ketones is 1. The molecule has 0 radical (unpaired) electrons. The van der Waals surface area contributed by atoms with E-state index in [2.05, 4.69) is 0 Å². The molecule has 0 saturated carbocycles. The number of hydrogen-bond donors (Lipinski definition) is 0. The average molecular weight is 353 g/mol. The van der Waals surface area contributed by atoms with Crippen LogP contribution in [0.3, 0.4) is 0 Å². The second kappa shape index (κ2) is 8.64. The maximum absolute atomic E-state index is 12.6. The average Bonchev–Trinajstić information content (AvgIpc) is 2.72. The Balaban J connectivity index is 1.83. The van der Waals surface area contributed by atoms with Crippen molar-refractivity contribution in [2.45, 2.75) is 13.5 Å². The number of para-hydroxylation sites is 1. The van der Waals surface area contributed by atoms with Gasteiger partial charge in [0.1, 0.15) is 24.0 Å². The normalized spacial score (nSPS) is 10.9. The topological polar surface area (TPSA) is 50.1 Å². The Hall–Kier alpha value is -3.64. The number of aryl methyl sites for hydroxylation is 1. The lowest BCUT2D eigenvalue weighted by molar-refractivity contribution is 0.104. The first-order valence-corrected chi connectivity index (χ1v) is 8.66. The fourth-order valence-electron chi connectivity index (χ4n) is 2.63. The summed E-state index contributed by atoms with van der Waals surface area (Å²) in [7, 11) is 0. The van der Waals surface area contributed by atoms with Gasteiger partial charge >= 0.3 is 0 Å². The summed E-state index contributed by atoms with van der Waals surface area (Å²) in [5.41, 5.74) is 3.52. The van der Waals surface area contributed by atoms with Crippen molar-refractivity contribution in [2.24, 2.45) is 0 Å². The Bertz CT molecular complexity index is 997. The van der Waals surface area contributed by atoms with Gasteiger partial charge in [-0.3, -0.25) is 4.79 Å². The number of benzene rings is 3. The first kappa shape index (κ1) is 18.2. The highest BCUT2D eigenvalue weighted by molar-refractivity contribution is 6.14. The van der Waals surface area contributed by atoms with E-state index in [1.807, 2.05) is 67.6 Å². The van der Waals surface area contributed by atoms with Crippen molar-refractivity contribution in [1.82, 2.24) is 0 Å². The Kier molecular flexibility index (Phi) is 5.81. The fourth-order valence-corrected chi connectivity index (χ4v) is 2.63. The quantitative estimate of drug-likeness (QED) is 0.340. The van der Waals surface area contributed by atoms with E-state index in [0.717, 1.165) is 5.56 Å². The van der Waals surface area contributed by atoms with Crippen LogP contribution in [0.25, 0.3) is 6.08 Å². The summed E-state index contributed by atoms with van der Waals surface area (Å²) < 4.78 is 5.93. The van der Waals surface area contributed by atoms with Gasteiger partial charge in [0.2, 0.25) is 5.78 Å². The van der Waals surface area contributed by atoms with E-state index >= 15 is 0 Å². The largest absolute Gasteiger partial charge is 0.488 e. The summed E-state index contributed by atoms with van der Waals surface area (Å²) in [6.07, 6.45) is 1.58. The number of allylic oxidation sites excluding steroid dienone is 1. The van der Waals surface area contributed by atoms with Crippen molar-refractivity contribution in [2.75, 3.05) is 0 Å². The summed E-state index contributed by atoms with van der Waals surface area (Å²) in [6.45, 7) is 2.46. The SMILES string of the molecule is Cc1ccc(COc2ccccc2/C=C(\C#N)C(=O)c2ccccc2)cc1. The Morgan fingerprint density at radius 1 is 0.963 bits per heavy atom. The maximum Gasteiger partial charge on any atom is 0.203 e. The second-order valence-electron chi connectivity index (χ2n) is 6.18. The monoisotopic (exact) mass is 353 g/mol. The molecule has 3 heteroatoms. The van der Waals surface area contributed by atoms with Crippen molar-refractivity contribution in [1.29, 1.82) is 5.26 Å². The molecule has 0 aliphatic heterocycles. The van der Waals surface area contributed by atoms with Crippen LogP contribution in [0.1, 0.15) is 27.0 Å². The zero-order chi connectivity index (χ0) is 19.1. The van der Waals surface area contributed by atoms with Gasteiger partial charge in [0.15, 0.2) is 0 Å². The molecular formula is C24H19NO2. The molecule has 0 atom stereocenters. The van der Waals surface area contributed by atoms with Crippen molar-refractivity contribution in [3.05, 3.63) is 107 Å². The number of nitriles is 1. The van der Waals surface area contributed by atoms with E-state index < -0.39 is 0 Å². The van der Waals surface area contributed by atoms with Gasteiger partial charge in [-0.2, -0.15) is 5.26 Å². The van der Waals surface area contributed by atoms with Crippen molar-refractivity contribution in [3.63, 3.8) is 0 Å². The summed E-state index contributed by atoms with van der Waals surface area (Å²) in [6, 6.07) is 26.3. The van der Waals surface area contributed by atoms with Gasteiger partial charge in [0.25, 0.3) is 0 Å². The zero-order valence-electron chi connectivity index (χ0n) is 15.1. The third kappa shape index (κ3) is 4.71. The van der Waals surface area contributed by atoms with Crippen LogP contribution < -0.4 is 4.74 Å². The molecule has 3 aromatic carbocycles. The zero-order valence-corrected chi connectivity index (χ0v) is 15.1. The molecule has 0 heterocycles. The van der Waals surface area contributed by atoms with Gasteiger partial charge in [0.05, 0.1) is 0 Å². The standard InChI is InChI=1S/C24H19NO2/c1-18-11-13-19(14-12-18)17-27-23-10-6-5-9-21(23)15-22(16-25)24(26)20-7-3-2-4-8-20/h2-15H,17H2,1H3/b22-15+. The number of Topliss-reactive ketones (excluding diaryl/α,β-unsaturated/α-hetero) is 1. The molecule has 3 aromatic rings. The number of carbonyl (C=O) groups excluding carboxylic acids is 1. The van der Waals surface area contributed by atoms with Crippen LogP contribution in [-0.2, 0) is 6.61 Å². The summed E-state index contributed by atoms with van der Waals surface area (Å²) in [5, 5.41) is 9.46. The van der Waals surface area contributed by atoms with E-state index in [4.69, 9.17) is 4.74 Å². The van der Waals surface area contributed by atoms with Crippen LogP contribution in [0.2, 0.25) is 0 Å². The predicted octanol–water partition coefficient (Wildman–Crippen LogP) is 5.36. The van der Waals surface area contributed by atoms with Gasteiger partial charge < -0.3 is 4.74 Å². The maximum atomic E-state index is 12.6. The molecule has 3 nitrogen and oxygen atoms in total. The van der Waals surface area contributed by atoms with Crippen LogP contribution in [0, 0.1) is 18.3 Å². The molecule has 0 N–H and O–H groups in total. The van der Waals surface area contributed by atoms with E-state index in [-0.39, 0.29) is 11.4 Å². The highest BCUT2D eigenvalue weighted by Gasteiger charge is 2.13. The molecule has 0 fully saturated rings. The Labute approximate surface area is 159 Å². The molecule has 0 aromatic heterocycles. The Morgan fingerprint density at radius 2 is 1.63 bits per heavy atom. The third-order valence-corrected chi connectivity index (χ3v) is 4.13. The number of ether oxygens (including phenoxy) is 1. The lowest BCUT2D eigenvalue weighted by Crippen LogP contribution is -2.02. The molecule has 0 saturated heterocycles. The van der Waals surface area contributed by atoms with E-state index in [1.54, 1.807) is 30.3 Å². The highest BCUT2D eigenvalue weighted by atomic mass is 16.5. The summed E-state index contributed by atoms with van der Waals surface area (Å²) >= 11 is 0. The van der Waals surface area contributed by atoms with Gasteiger partial charge in [-0.25, -0.2) is 0 Å². The first-order chi connectivity index (χ1) is 13.2. The van der Waals surface area contributed by atoms with E-state index in [0.29, 0.717) is 23.5 Å². The fraction of sp³-hybridized carbons (Fsp3) is 0.0833. The van der Waals surface area contributed by atoms with Crippen LogP contribution >= 0.6 is 0 Å². The molecule has 0 spiro atoms. The van der Waals surface area contributed by atoms with Crippen LogP contribution in [0.5, 0.6) is 5.75 Å². The van der Waals surface area contributed by atoms with Crippen LogP contribution in [-0.4, -0.2) is 5.78 Å². The number of nitrogens with zero attached hydrogens (tertiary/aromatic N) is 1. The molecule has 132 valence electrons. The number of carbonyl (C=O) groups is 1. The van der Waals surface area contributed by atoms with Gasteiger partial charge in [0, 0.05) is 11.1 Å². The van der Waals surface area contributed by atoms with Crippen molar-refractivity contribution >= 4 is 11.9 Å². The minimum Gasteiger partial charge on any atom is -0.488 e. The first-order valence-electron chi connectivity index (χ1n) is 8.66. The molecular weight excluding hydrogens is 334 g/mol. The summed E-state index contributed by atoms with van der Waals surface area (Å²) in [4.78, 5) is 12.6. The lowest BCUT2D eigenvalue weighted by atomic mass is 10.0. The van der Waals surface area contributed by atoms with Crippen LogP contribution in [0.15, 0.2) is 84.4 Å². The molecule has 0 unspecified atom stereocenters. The number of rotatable bonds is 6. The van der Waals surface area contributed by atoms with Gasteiger partial charge in [-0.05, 0) is 24.6 Å². The lowest BCUT2D eigenvalue weighted by Gasteiger charge is -2.10. The van der Waals surface area contributed by atoms with Crippen molar-refractivity contribution in [3.8, 4) is 11.8 Å². The minimum atomic E-state index is -0.300. The van der Waals surface area contributed by atoms with Crippen molar-refractivity contribution < 1.29 is 9.53 Å². The molecule has 0 amide bonds. The Morgan fingerprint density at radius 3 is 2.33 bits per heavy atom. The van der Waals surface area contributed by atoms with E-state index in [1.165, 1.54) is 5.56 Å².